The molecule has 0 saturated carbocycles. The van der Waals surface area contributed by atoms with Crippen LogP contribution in [0.3, 0.4) is 0 Å². The molecule has 0 radical (unpaired) electrons. The van der Waals surface area contributed by atoms with E-state index in [4.69, 9.17) is 10.2 Å². The SMILES string of the molecule is CCOC(=O)NC(=O)Nc1cc(C(=O)O)cc(C(=O)O)c1. The predicted octanol–water partition coefficient (Wildman–Crippen LogP) is 1.36. The largest absolute Gasteiger partial charge is 0.478 e. The second-order valence-corrected chi connectivity index (χ2v) is 3.71. The van der Waals surface area contributed by atoms with Gasteiger partial charge in [0.25, 0.3) is 0 Å². The minimum atomic E-state index is -1.35. The highest BCUT2D eigenvalue weighted by Crippen LogP contribution is 2.15. The van der Waals surface area contributed by atoms with Crippen LogP contribution < -0.4 is 10.6 Å². The van der Waals surface area contributed by atoms with Crippen LogP contribution in [0.15, 0.2) is 18.2 Å². The van der Waals surface area contributed by atoms with Crippen LogP contribution in [0, 0.1) is 0 Å². The summed E-state index contributed by atoms with van der Waals surface area (Å²) in [4.78, 5) is 44.2. The number of hydrogen-bond donors (Lipinski definition) is 4. The lowest BCUT2D eigenvalue weighted by molar-refractivity contribution is 0.0696. The van der Waals surface area contributed by atoms with E-state index in [1.54, 1.807) is 6.92 Å². The fourth-order valence-corrected chi connectivity index (χ4v) is 1.37. The molecule has 1 aromatic carbocycles. The van der Waals surface area contributed by atoms with Gasteiger partial charge in [-0.25, -0.2) is 24.5 Å². The number of carbonyl (C=O) groups excluding carboxylic acids is 2. The number of nitrogens with one attached hydrogen (secondary N) is 2. The number of alkyl carbamates (subject to hydrolysis) is 1. The zero-order valence-corrected chi connectivity index (χ0v) is 10.9. The summed E-state index contributed by atoms with van der Waals surface area (Å²) in [6.07, 6.45) is -0.983. The number of rotatable bonds is 4. The van der Waals surface area contributed by atoms with Crippen molar-refractivity contribution in [2.75, 3.05) is 11.9 Å². The first-order chi connectivity index (χ1) is 9.83. The number of carbonyl (C=O) groups is 4. The van der Waals surface area contributed by atoms with Crippen molar-refractivity contribution in [1.29, 1.82) is 0 Å². The van der Waals surface area contributed by atoms with Gasteiger partial charge >= 0.3 is 24.1 Å². The van der Waals surface area contributed by atoms with Gasteiger partial charge in [-0.3, -0.25) is 0 Å². The number of benzene rings is 1. The Kier molecular flexibility index (Phi) is 5.24. The fraction of sp³-hybridized carbons (Fsp3) is 0.167. The topological polar surface area (TPSA) is 142 Å². The molecule has 9 nitrogen and oxygen atoms in total. The number of hydrogen-bond acceptors (Lipinski definition) is 5. The molecule has 0 fully saturated rings. The highest BCUT2D eigenvalue weighted by Gasteiger charge is 2.14. The number of urea groups is 1. The third-order valence-electron chi connectivity index (χ3n) is 2.18. The molecule has 1 aromatic rings. The average molecular weight is 296 g/mol. The van der Waals surface area contributed by atoms with E-state index < -0.39 is 24.1 Å². The van der Waals surface area contributed by atoms with Crippen LogP contribution in [-0.4, -0.2) is 40.9 Å². The molecule has 3 amide bonds. The van der Waals surface area contributed by atoms with Crippen LogP contribution in [0.1, 0.15) is 27.6 Å². The van der Waals surface area contributed by atoms with E-state index in [0.29, 0.717) is 0 Å². The van der Waals surface area contributed by atoms with Crippen LogP contribution in [-0.2, 0) is 4.74 Å². The lowest BCUT2D eigenvalue weighted by Gasteiger charge is -2.08. The Bertz CT molecular complexity index is 565. The molecule has 0 aliphatic rings. The summed E-state index contributed by atoms with van der Waals surface area (Å²) in [7, 11) is 0. The Morgan fingerprint density at radius 2 is 1.57 bits per heavy atom. The van der Waals surface area contributed by atoms with Gasteiger partial charge in [-0.2, -0.15) is 0 Å². The number of anilines is 1. The summed E-state index contributed by atoms with van der Waals surface area (Å²) in [5.41, 5.74) is -0.725. The molecule has 0 saturated heterocycles. The molecular formula is C12H12N2O7. The highest BCUT2D eigenvalue weighted by molar-refractivity contribution is 6.01. The van der Waals surface area contributed by atoms with E-state index in [-0.39, 0.29) is 23.4 Å². The van der Waals surface area contributed by atoms with Gasteiger partial charge in [-0.1, -0.05) is 0 Å². The molecule has 4 N–H and O–H groups in total. The molecule has 0 aromatic heterocycles. The smallest absolute Gasteiger partial charge is 0.415 e. The number of carboxylic acid groups (broad SMARTS) is 2. The number of amides is 3. The second-order valence-electron chi connectivity index (χ2n) is 3.71. The molecule has 21 heavy (non-hydrogen) atoms. The summed E-state index contributed by atoms with van der Waals surface area (Å²) in [6.45, 7) is 1.61. The van der Waals surface area contributed by atoms with Crippen molar-refractivity contribution in [3.63, 3.8) is 0 Å². The van der Waals surface area contributed by atoms with E-state index in [1.165, 1.54) is 0 Å². The molecule has 0 heterocycles. The maximum atomic E-state index is 11.4. The second kappa shape index (κ2) is 6.89. The fourth-order valence-electron chi connectivity index (χ4n) is 1.37. The minimum absolute atomic E-state index is 0.0662. The molecule has 0 aliphatic carbocycles. The van der Waals surface area contributed by atoms with Crippen LogP contribution >= 0.6 is 0 Å². The van der Waals surface area contributed by atoms with Gasteiger partial charge in [0.1, 0.15) is 0 Å². The van der Waals surface area contributed by atoms with Crippen molar-refractivity contribution >= 4 is 29.8 Å². The third kappa shape index (κ3) is 4.82. The summed E-state index contributed by atoms with van der Waals surface area (Å²) in [6, 6.07) is 2.07. The van der Waals surface area contributed by atoms with Crippen molar-refractivity contribution < 1.29 is 34.1 Å². The maximum absolute atomic E-state index is 11.4. The van der Waals surface area contributed by atoms with Crippen molar-refractivity contribution in [1.82, 2.24) is 5.32 Å². The predicted molar refractivity (Wildman–Crippen MR) is 69.5 cm³/mol. The molecule has 112 valence electrons. The lowest BCUT2D eigenvalue weighted by Crippen LogP contribution is -2.34. The van der Waals surface area contributed by atoms with Crippen LogP contribution in [0.25, 0.3) is 0 Å². The molecule has 1 rings (SSSR count). The van der Waals surface area contributed by atoms with Gasteiger partial charge in [0, 0.05) is 5.69 Å². The monoisotopic (exact) mass is 296 g/mol. The number of imide groups is 1. The number of carboxylic acids is 2. The average Bonchev–Trinajstić information content (AvgIpc) is 2.37. The molecule has 0 atom stereocenters. The zero-order valence-electron chi connectivity index (χ0n) is 10.9. The zero-order chi connectivity index (χ0) is 16.0. The Hall–Kier alpha value is -3.10. The molecule has 0 bridgehead atoms. The molecule has 0 unspecified atom stereocenters. The third-order valence-corrected chi connectivity index (χ3v) is 2.18. The van der Waals surface area contributed by atoms with E-state index in [9.17, 15) is 19.2 Å². The Balaban J connectivity index is 2.92. The van der Waals surface area contributed by atoms with Gasteiger partial charge in [-0.15, -0.1) is 0 Å². The van der Waals surface area contributed by atoms with Crippen molar-refractivity contribution in [2.24, 2.45) is 0 Å². The van der Waals surface area contributed by atoms with Gasteiger partial charge in [0.05, 0.1) is 17.7 Å². The standard InChI is InChI=1S/C12H12N2O7/c1-2-21-12(20)14-11(19)13-8-4-6(9(15)16)3-7(5-8)10(17)18/h3-5H,2H2,1H3,(H,15,16)(H,17,18)(H2,13,14,19,20). The summed E-state index contributed by atoms with van der Waals surface area (Å²) in [5.74, 6) is -2.71. The van der Waals surface area contributed by atoms with Gasteiger partial charge < -0.3 is 20.3 Å². The molecule has 0 aliphatic heterocycles. The van der Waals surface area contributed by atoms with Crippen molar-refractivity contribution in [3.05, 3.63) is 29.3 Å². The van der Waals surface area contributed by atoms with E-state index in [0.717, 1.165) is 18.2 Å². The first-order valence-electron chi connectivity index (χ1n) is 5.70. The Labute approximate surface area is 118 Å². The maximum Gasteiger partial charge on any atom is 0.415 e. The molecular weight excluding hydrogens is 284 g/mol. The Morgan fingerprint density at radius 1 is 1.05 bits per heavy atom. The number of aromatic carboxylic acids is 2. The highest BCUT2D eigenvalue weighted by atomic mass is 16.5. The molecule has 9 heteroatoms. The first-order valence-corrected chi connectivity index (χ1v) is 5.70. The molecule has 0 spiro atoms. The minimum Gasteiger partial charge on any atom is -0.478 e. The summed E-state index contributed by atoms with van der Waals surface area (Å²) >= 11 is 0. The van der Waals surface area contributed by atoms with Crippen molar-refractivity contribution in [2.45, 2.75) is 6.92 Å². The summed E-state index contributed by atoms with van der Waals surface area (Å²) < 4.78 is 4.48. The van der Waals surface area contributed by atoms with Crippen LogP contribution in [0.2, 0.25) is 0 Å². The van der Waals surface area contributed by atoms with E-state index in [1.807, 2.05) is 5.32 Å². The van der Waals surface area contributed by atoms with Gasteiger partial charge in [0.15, 0.2) is 0 Å². The van der Waals surface area contributed by atoms with Crippen LogP contribution in [0.5, 0.6) is 0 Å². The van der Waals surface area contributed by atoms with E-state index in [2.05, 4.69) is 10.1 Å². The Morgan fingerprint density at radius 3 is 2.00 bits per heavy atom. The first kappa shape index (κ1) is 16.0. The number of ether oxygens (including phenoxy) is 1. The normalized spacial score (nSPS) is 9.57. The lowest BCUT2D eigenvalue weighted by atomic mass is 10.1. The van der Waals surface area contributed by atoms with E-state index >= 15 is 0 Å². The van der Waals surface area contributed by atoms with Crippen LogP contribution in [0.4, 0.5) is 15.3 Å². The van der Waals surface area contributed by atoms with Crippen molar-refractivity contribution in [3.8, 4) is 0 Å². The van der Waals surface area contributed by atoms with Gasteiger partial charge in [0.2, 0.25) is 0 Å². The summed E-state index contributed by atoms with van der Waals surface area (Å²) in [5, 5.41) is 21.7. The van der Waals surface area contributed by atoms with Gasteiger partial charge in [-0.05, 0) is 25.1 Å². The quantitative estimate of drug-likeness (QED) is 0.657.